The fourth-order valence-electron chi connectivity index (χ4n) is 3.07. The van der Waals surface area contributed by atoms with Crippen LogP contribution in [0.25, 0.3) is 0 Å². The summed E-state index contributed by atoms with van der Waals surface area (Å²) in [4.78, 5) is 2.66. The second-order valence-corrected chi connectivity index (χ2v) is 7.38. The number of nitrogens with two attached hydrogens (primary N) is 1. The minimum absolute atomic E-state index is 0.556. The van der Waals surface area contributed by atoms with Crippen molar-refractivity contribution in [3.8, 4) is 0 Å². The zero-order valence-electron chi connectivity index (χ0n) is 13.0. The second-order valence-electron chi connectivity index (χ2n) is 7.38. The number of hydrogen-bond acceptors (Lipinski definition) is 2. The topological polar surface area (TPSA) is 29.3 Å². The number of likely N-dealkylation sites (tertiary alicyclic amines) is 1. The minimum atomic E-state index is 0.556. The molecule has 1 fully saturated rings. The molecule has 0 bridgehead atoms. The normalized spacial score (nSPS) is 23.0. The maximum absolute atomic E-state index is 5.89. The first-order valence-electron chi connectivity index (χ1n) is 7.85. The Morgan fingerprint density at radius 2 is 1.89 bits per heavy atom. The van der Waals surface area contributed by atoms with Gasteiger partial charge in [-0.15, -0.1) is 0 Å². The number of rotatable bonds is 6. The lowest BCUT2D eigenvalue weighted by Gasteiger charge is -2.25. The van der Waals surface area contributed by atoms with Crippen molar-refractivity contribution in [3.63, 3.8) is 0 Å². The van der Waals surface area contributed by atoms with Crippen molar-refractivity contribution >= 4 is 0 Å². The van der Waals surface area contributed by atoms with Gasteiger partial charge >= 0.3 is 0 Å². The maximum Gasteiger partial charge on any atom is -0.00136 e. The molecule has 1 saturated heterocycles. The largest absolute Gasteiger partial charge is 0.330 e. The van der Waals surface area contributed by atoms with Crippen LogP contribution in [0.15, 0.2) is 0 Å². The summed E-state index contributed by atoms with van der Waals surface area (Å²) in [7, 11) is 0. The Bertz CT molecular complexity index is 223. The van der Waals surface area contributed by atoms with Crippen LogP contribution >= 0.6 is 0 Å². The van der Waals surface area contributed by atoms with Gasteiger partial charge < -0.3 is 10.6 Å². The van der Waals surface area contributed by atoms with Crippen LogP contribution < -0.4 is 5.73 Å². The van der Waals surface area contributed by atoms with Gasteiger partial charge in [0.25, 0.3) is 0 Å². The molecule has 0 aromatic carbocycles. The molecule has 0 aromatic rings. The maximum atomic E-state index is 5.89. The minimum Gasteiger partial charge on any atom is -0.330 e. The van der Waals surface area contributed by atoms with E-state index in [1.165, 1.54) is 51.7 Å². The molecule has 2 heteroatoms. The highest BCUT2D eigenvalue weighted by atomic mass is 15.1. The Morgan fingerprint density at radius 1 is 1.17 bits per heavy atom. The summed E-state index contributed by atoms with van der Waals surface area (Å²) in [6.45, 7) is 14.1. The molecule has 0 saturated carbocycles. The first kappa shape index (κ1) is 16.0. The van der Waals surface area contributed by atoms with Crippen molar-refractivity contribution < 1.29 is 0 Å². The molecule has 1 unspecified atom stereocenters. The van der Waals surface area contributed by atoms with Gasteiger partial charge in [0.15, 0.2) is 0 Å². The van der Waals surface area contributed by atoms with Crippen LogP contribution in [0.1, 0.15) is 59.8 Å². The lowest BCUT2D eigenvalue weighted by molar-refractivity contribution is 0.238. The molecular weight excluding hydrogens is 220 g/mol. The Labute approximate surface area is 114 Å². The lowest BCUT2D eigenvalue weighted by Crippen LogP contribution is -2.29. The molecule has 18 heavy (non-hydrogen) atoms. The standard InChI is InChI=1S/C16H34N2/c1-14(2)12-15(13-17)6-10-18-9-5-7-16(3,4)8-11-18/h14-15H,5-13,17H2,1-4H3. The molecule has 0 aliphatic carbocycles. The summed E-state index contributed by atoms with van der Waals surface area (Å²) in [5.41, 5.74) is 6.45. The van der Waals surface area contributed by atoms with Gasteiger partial charge in [-0.1, -0.05) is 27.7 Å². The van der Waals surface area contributed by atoms with Crippen molar-refractivity contribution in [2.45, 2.75) is 59.8 Å². The summed E-state index contributed by atoms with van der Waals surface area (Å²) in [6.07, 6.45) is 6.68. The van der Waals surface area contributed by atoms with Gasteiger partial charge in [0.2, 0.25) is 0 Å². The van der Waals surface area contributed by atoms with Crippen LogP contribution in [0.3, 0.4) is 0 Å². The predicted octanol–water partition coefficient (Wildman–Crippen LogP) is 3.51. The Morgan fingerprint density at radius 3 is 2.50 bits per heavy atom. The average Bonchev–Trinajstić information content (AvgIpc) is 2.45. The van der Waals surface area contributed by atoms with Crippen LogP contribution in [-0.2, 0) is 0 Å². The highest BCUT2D eigenvalue weighted by Crippen LogP contribution is 2.30. The predicted molar refractivity (Wildman–Crippen MR) is 80.7 cm³/mol. The molecule has 1 aliphatic heterocycles. The van der Waals surface area contributed by atoms with Gasteiger partial charge in [0.1, 0.15) is 0 Å². The molecule has 0 amide bonds. The SMILES string of the molecule is CC(C)CC(CN)CCN1CCCC(C)(C)CC1. The van der Waals surface area contributed by atoms with Gasteiger partial charge in [0.05, 0.1) is 0 Å². The summed E-state index contributed by atoms with van der Waals surface area (Å²) >= 11 is 0. The third-order valence-electron chi connectivity index (χ3n) is 4.42. The van der Waals surface area contributed by atoms with Crippen LogP contribution in [0.5, 0.6) is 0 Å². The van der Waals surface area contributed by atoms with E-state index in [1.807, 2.05) is 0 Å². The number of nitrogens with zero attached hydrogens (tertiary/aromatic N) is 1. The van der Waals surface area contributed by atoms with Crippen LogP contribution in [0.2, 0.25) is 0 Å². The van der Waals surface area contributed by atoms with E-state index in [9.17, 15) is 0 Å². The summed E-state index contributed by atoms with van der Waals surface area (Å²) < 4.78 is 0. The second kappa shape index (κ2) is 7.49. The summed E-state index contributed by atoms with van der Waals surface area (Å²) in [6, 6.07) is 0. The van der Waals surface area contributed by atoms with Gasteiger partial charge in [0, 0.05) is 0 Å². The Kier molecular flexibility index (Phi) is 6.65. The zero-order chi connectivity index (χ0) is 13.6. The highest BCUT2D eigenvalue weighted by Gasteiger charge is 2.23. The van der Waals surface area contributed by atoms with Crippen LogP contribution in [0.4, 0.5) is 0 Å². The van der Waals surface area contributed by atoms with E-state index in [0.29, 0.717) is 5.41 Å². The molecule has 1 atom stereocenters. The van der Waals surface area contributed by atoms with E-state index in [4.69, 9.17) is 5.73 Å². The Hall–Kier alpha value is -0.0800. The lowest BCUT2D eigenvalue weighted by atomic mass is 9.85. The molecule has 0 spiro atoms. The van der Waals surface area contributed by atoms with Gasteiger partial charge in [-0.2, -0.15) is 0 Å². The molecular formula is C16H34N2. The third kappa shape index (κ3) is 6.19. The van der Waals surface area contributed by atoms with E-state index in [2.05, 4.69) is 32.6 Å². The van der Waals surface area contributed by atoms with Crippen LogP contribution in [0, 0.1) is 17.3 Å². The molecule has 2 nitrogen and oxygen atoms in total. The highest BCUT2D eigenvalue weighted by molar-refractivity contribution is 4.76. The fraction of sp³-hybridized carbons (Fsp3) is 1.00. The first-order chi connectivity index (χ1) is 8.43. The van der Waals surface area contributed by atoms with Crippen molar-refractivity contribution in [3.05, 3.63) is 0 Å². The molecule has 108 valence electrons. The molecule has 0 radical (unpaired) electrons. The van der Waals surface area contributed by atoms with E-state index in [1.54, 1.807) is 0 Å². The molecule has 1 aliphatic rings. The summed E-state index contributed by atoms with van der Waals surface area (Å²) in [5.74, 6) is 1.50. The molecule has 2 N–H and O–H groups in total. The van der Waals surface area contributed by atoms with Crippen molar-refractivity contribution in [2.75, 3.05) is 26.2 Å². The van der Waals surface area contributed by atoms with E-state index >= 15 is 0 Å². The first-order valence-corrected chi connectivity index (χ1v) is 7.85. The van der Waals surface area contributed by atoms with E-state index in [-0.39, 0.29) is 0 Å². The average molecular weight is 254 g/mol. The smallest absolute Gasteiger partial charge is 0.00136 e. The van der Waals surface area contributed by atoms with E-state index in [0.717, 1.165) is 18.4 Å². The Balaban J connectivity index is 2.29. The van der Waals surface area contributed by atoms with Crippen molar-refractivity contribution in [1.29, 1.82) is 0 Å². The van der Waals surface area contributed by atoms with Gasteiger partial charge in [-0.25, -0.2) is 0 Å². The zero-order valence-corrected chi connectivity index (χ0v) is 13.0. The van der Waals surface area contributed by atoms with E-state index < -0.39 is 0 Å². The molecule has 1 rings (SSSR count). The van der Waals surface area contributed by atoms with Gasteiger partial charge in [-0.05, 0) is 75.5 Å². The van der Waals surface area contributed by atoms with Crippen LogP contribution in [-0.4, -0.2) is 31.1 Å². The quantitative estimate of drug-likeness (QED) is 0.786. The van der Waals surface area contributed by atoms with Crippen molar-refractivity contribution in [1.82, 2.24) is 4.90 Å². The fourth-order valence-corrected chi connectivity index (χ4v) is 3.07. The number of hydrogen-bond donors (Lipinski definition) is 1. The van der Waals surface area contributed by atoms with Crippen molar-refractivity contribution in [2.24, 2.45) is 23.0 Å². The van der Waals surface area contributed by atoms with Gasteiger partial charge in [-0.3, -0.25) is 0 Å². The molecule has 1 heterocycles. The third-order valence-corrected chi connectivity index (χ3v) is 4.42. The summed E-state index contributed by atoms with van der Waals surface area (Å²) in [5, 5.41) is 0. The molecule has 0 aromatic heterocycles. The monoisotopic (exact) mass is 254 g/mol.